The highest BCUT2D eigenvalue weighted by Crippen LogP contribution is 2.32. The average Bonchev–Trinajstić information content (AvgIpc) is 3.42. The quantitative estimate of drug-likeness (QED) is 0.355. The third kappa shape index (κ3) is 4.91. The Kier molecular flexibility index (Phi) is 6.01. The Morgan fingerprint density at radius 1 is 1.03 bits per heavy atom. The van der Waals surface area contributed by atoms with Crippen molar-refractivity contribution < 1.29 is 17.6 Å². The SMILES string of the molecule is O=C(Nc1ccc(S(=O)(=O)Nc2cncs2)cc1)c1ccc(-c2cc(Cl)ccc2Cl)o1. The van der Waals surface area contributed by atoms with Gasteiger partial charge in [0.15, 0.2) is 5.76 Å². The van der Waals surface area contributed by atoms with Gasteiger partial charge < -0.3 is 9.73 Å². The van der Waals surface area contributed by atoms with Gasteiger partial charge >= 0.3 is 0 Å². The van der Waals surface area contributed by atoms with Crippen LogP contribution in [0.5, 0.6) is 0 Å². The van der Waals surface area contributed by atoms with Crippen molar-refractivity contribution in [2.45, 2.75) is 4.90 Å². The van der Waals surface area contributed by atoms with Crippen molar-refractivity contribution in [1.29, 1.82) is 0 Å². The van der Waals surface area contributed by atoms with Crippen molar-refractivity contribution in [3.05, 3.63) is 82.1 Å². The number of hydrogen-bond acceptors (Lipinski definition) is 6. The van der Waals surface area contributed by atoms with Crippen molar-refractivity contribution in [3.8, 4) is 11.3 Å². The minimum atomic E-state index is -3.75. The van der Waals surface area contributed by atoms with Crippen LogP contribution in [0.1, 0.15) is 10.6 Å². The summed E-state index contributed by atoms with van der Waals surface area (Å²) in [7, 11) is -3.75. The van der Waals surface area contributed by atoms with Gasteiger partial charge in [-0.1, -0.05) is 23.2 Å². The van der Waals surface area contributed by atoms with Crippen molar-refractivity contribution >= 4 is 61.2 Å². The Bertz CT molecular complexity index is 1340. The van der Waals surface area contributed by atoms with Gasteiger partial charge in [0, 0.05) is 16.3 Å². The number of thiazole rings is 1. The van der Waals surface area contributed by atoms with Crippen molar-refractivity contribution in [2.24, 2.45) is 0 Å². The van der Waals surface area contributed by atoms with Gasteiger partial charge in [-0.15, -0.1) is 11.3 Å². The predicted molar refractivity (Wildman–Crippen MR) is 121 cm³/mol. The van der Waals surface area contributed by atoms with Gasteiger partial charge in [0.05, 0.1) is 21.6 Å². The molecule has 2 heterocycles. The number of nitrogens with one attached hydrogen (secondary N) is 2. The van der Waals surface area contributed by atoms with Gasteiger partial charge in [-0.05, 0) is 54.6 Å². The third-order valence-electron chi connectivity index (χ3n) is 4.11. The van der Waals surface area contributed by atoms with E-state index in [9.17, 15) is 13.2 Å². The Morgan fingerprint density at radius 2 is 1.81 bits per heavy atom. The van der Waals surface area contributed by atoms with E-state index in [1.807, 2.05) is 0 Å². The summed E-state index contributed by atoms with van der Waals surface area (Å²) in [6.45, 7) is 0. The molecule has 0 aliphatic rings. The fourth-order valence-electron chi connectivity index (χ4n) is 2.66. The molecule has 2 N–H and O–H groups in total. The van der Waals surface area contributed by atoms with Gasteiger partial charge in [-0.3, -0.25) is 14.5 Å². The molecule has 0 saturated carbocycles. The summed E-state index contributed by atoms with van der Waals surface area (Å²) in [5.41, 5.74) is 2.49. The molecule has 4 rings (SSSR count). The van der Waals surface area contributed by atoms with Gasteiger partial charge in [0.25, 0.3) is 15.9 Å². The molecule has 0 saturated heterocycles. The summed E-state index contributed by atoms with van der Waals surface area (Å²) in [5, 5.41) is 3.99. The predicted octanol–water partition coefficient (Wildman–Crippen LogP) is 5.76. The number of benzene rings is 2. The molecule has 7 nitrogen and oxygen atoms in total. The number of aromatic nitrogens is 1. The standard InChI is InChI=1S/C20H13Cl2N3O4S2/c21-12-1-6-16(22)15(9-12)17-7-8-18(29-17)20(26)24-13-2-4-14(5-3-13)31(27,28)25-19-10-23-11-30-19/h1-11,25H,(H,24,26). The molecule has 2 aromatic carbocycles. The second-order valence-corrected chi connectivity index (χ2v) is 9.65. The lowest BCUT2D eigenvalue weighted by Crippen LogP contribution is -2.13. The number of carbonyl (C=O) groups is 1. The lowest BCUT2D eigenvalue weighted by atomic mass is 10.2. The van der Waals surface area contributed by atoms with E-state index in [0.717, 1.165) is 0 Å². The highest BCUT2D eigenvalue weighted by molar-refractivity contribution is 7.93. The van der Waals surface area contributed by atoms with E-state index < -0.39 is 15.9 Å². The van der Waals surface area contributed by atoms with E-state index >= 15 is 0 Å². The molecule has 11 heteroatoms. The van der Waals surface area contributed by atoms with Crippen LogP contribution < -0.4 is 10.0 Å². The summed E-state index contributed by atoms with van der Waals surface area (Å²) in [6.07, 6.45) is 1.42. The highest BCUT2D eigenvalue weighted by atomic mass is 35.5. The minimum absolute atomic E-state index is 0.0507. The van der Waals surface area contributed by atoms with Gasteiger partial charge in [0.1, 0.15) is 10.8 Å². The Balaban J connectivity index is 1.47. The number of sulfonamides is 1. The van der Waals surface area contributed by atoms with Crippen LogP contribution in [0.4, 0.5) is 10.7 Å². The maximum absolute atomic E-state index is 12.5. The number of rotatable bonds is 6. The van der Waals surface area contributed by atoms with E-state index in [1.165, 1.54) is 53.4 Å². The topological polar surface area (TPSA) is 101 Å². The number of halogens is 2. The lowest BCUT2D eigenvalue weighted by Gasteiger charge is -2.07. The number of carbonyl (C=O) groups excluding carboxylic acids is 1. The maximum Gasteiger partial charge on any atom is 0.291 e. The summed E-state index contributed by atoms with van der Waals surface area (Å²) < 4.78 is 32.8. The molecule has 31 heavy (non-hydrogen) atoms. The zero-order valence-electron chi connectivity index (χ0n) is 15.5. The zero-order chi connectivity index (χ0) is 22.0. The van der Waals surface area contributed by atoms with Crippen molar-refractivity contribution in [2.75, 3.05) is 10.0 Å². The lowest BCUT2D eigenvalue weighted by molar-refractivity contribution is 0.0997. The molecule has 1 amide bonds. The summed E-state index contributed by atoms with van der Waals surface area (Å²) in [4.78, 5) is 16.4. The largest absolute Gasteiger partial charge is 0.451 e. The summed E-state index contributed by atoms with van der Waals surface area (Å²) in [5.74, 6) is -0.0365. The zero-order valence-corrected chi connectivity index (χ0v) is 18.6. The number of hydrogen-bond donors (Lipinski definition) is 2. The molecule has 0 radical (unpaired) electrons. The number of anilines is 2. The van der Waals surface area contributed by atoms with E-state index in [0.29, 0.717) is 32.1 Å². The first-order valence-corrected chi connectivity index (χ1v) is 11.8. The molecule has 0 unspecified atom stereocenters. The average molecular weight is 494 g/mol. The van der Waals surface area contributed by atoms with Crippen molar-refractivity contribution in [1.82, 2.24) is 4.98 Å². The molecule has 0 aliphatic heterocycles. The first kappa shape index (κ1) is 21.4. The van der Waals surface area contributed by atoms with Crippen LogP contribution in [0.3, 0.4) is 0 Å². The minimum Gasteiger partial charge on any atom is -0.451 e. The van der Waals surface area contributed by atoms with E-state index in [2.05, 4.69) is 15.0 Å². The van der Waals surface area contributed by atoms with Crippen LogP contribution in [-0.4, -0.2) is 19.3 Å². The van der Waals surface area contributed by atoms with E-state index in [1.54, 1.807) is 24.3 Å². The Labute approximate surface area is 191 Å². The Hall–Kier alpha value is -2.85. The molecule has 0 fully saturated rings. The van der Waals surface area contributed by atoms with Gasteiger partial charge in [-0.25, -0.2) is 8.42 Å². The van der Waals surface area contributed by atoms with Crippen LogP contribution >= 0.6 is 34.5 Å². The molecular weight excluding hydrogens is 481 g/mol. The smallest absolute Gasteiger partial charge is 0.291 e. The van der Waals surface area contributed by atoms with Gasteiger partial charge in [-0.2, -0.15) is 0 Å². The normalized spacial score (nSPS) is 11.3. The summed E-state index contributed by atoms with van der Waals surface area (Å²) >= 11 is 13.3. The second kappa shape index (κ2) is 8.72. The monoisotopic (exact) mass is 493 g/mol. The molecule has 4 aromatic rings. The van der Waals surface area contributed by atoms with Crippen LogP contribution in [0.2, 0.25) is 10.0 Å². The van der Waals surface area contributed by atoms with E-state index in [4.69, 9.17) is 27.6 Å². The third-order valence-corrected chi connectivity index (χ3v) is 6.88. The molecule has 2 aromatic heterocycles. The second-order valence-electron chi connectivity index (χ2n) is 6.24. The van der Waals surface area contributed by atoms with E-state index in [-0.39, 0.29) is 10.7 Å². The first-order chi connectivity index (χ1) is 14.8. The molecule has 158 valence electrons. The number of furan rings is 1. The van der Waals surface area contributed by atoms with Crippen LogP contribution in [0.15, 0.2) is 75.6 Å². The fraction of sp³-hybridized carbons (Fsp3) is 0. The number of amides is 1. The van der Waals surface area contributed by atoms with Crippen LogP contribution in [0, 0.1) is 0 Å². The molecule has 0 spiro atoms. The fourth-order valence-corrected chi connectivity index (χ4v) is 4.85. The first-order valence-electron chi connectivity index (χ1n) is 8.70. The maximum atomic E-state index is 12.5. The molecule has 0 aliphatic carbocycles. The van der Waals surface area contributed by atoms with Crippen molar-refractivity contribution in [3.63, 3.8) is 0 Å². The highest BCUT2D eigenvalue weighted by Gasteiger charge is 2.17. The Morgan fingerprint density at radius 3 is 2.52 bits per heavy atom. The van der Waals surface area contributed by atoms with Gasteiger partial charge in [0.2, 0.25) is 0 Å². The van der Waals surface area contributed by atoms with Crippen LogP contribution in [-0.2, 0) is 10.0 Å². The molecule has 0 bridgehead atoms. The number of nitrogens with zero attached hydrogens (tertiary/aromatic N) is 1. The summed E-state index contributed by atoms with van der Waals surface area (Å²) in [6, 6.07) is 13.8. The molecular formula is C20H13Cl2N3O4S2. The molecule has 0 atom stereocenters. The van der Waals surface area contributed by atoms with Crippen LogP contribution in [0.25, 0.3) is 11.3 Å².